The van der Waals surface area contributed by atoms with Crippen molar-refractivity contribution in [2.45, 2.75) is 24.5 Å². The highest BCUT2D eigenvalue weighted by atomic mass is 32.2. The van der Waals surface area contributed by atoms with Crippen molar-refractivity contribution in [3.05, 3.63) is 29.8 Å². The lowest BCUT2D eigenvalue weighted by Crippen LogP contribution is -2.16. The summed E-state index contributed by atoms with van der Waals surface area (Å²) in [6.07, 6.45) is 2.09. The number of hydrogen-bond donors (Lipinski definition) is 0. The molecule has 0 nitrogen and oxygen atoms in total. The average Bonchev–Trinajstić information content (AvgIpc) is 2.14. The maximum Gasteiger partial charge on any atom is 0.129 e. The van der Waals surface area contributed by atoms with Gasteiger partial charge in [-0.1, -0.05) is 31.6 Å². The second-order valence-electron chi connectivity index (χ2n) is 4.23. The predicted molar refractivity (Wildman–Crippen MR) is 68.4 cm³/mol. The molecule has 0 unspecified atom stereocenters. The normalized spacial score (nSPS) is 10.6. The van der Waals surface area contributed by atoms with E-state index in [1.165, 1.54) is 4.90 Å². The van der Waals surface area contributed by atoms with E-state index in [9.17, 15) is 0 Å². The summed E-state index contributed by atoms with van der Waals surface area (Å²) in [5.74, 6) is 3.26. The molecule has 0 saturated carbocycles. The number of hydrogen-bond acceptors (Lipinski definition) is 1. The highest BCUT2D eigenvalue weighted by Gasteiger charge is 2.07. The smallest absolute Gasteiger partial charge is 0.129 e. The molecule has 74 valence electrons. The summed E-state index contributed by atoms with van der Waals surface area (Å²) >= 11 is 1.76. The second kappa shape index (κ2) is 4.72. The molecule has 0 fully saturated rings. The van der Waals surface area contributed by atoms with Crippen molar-refractivity contribution in [2.75, 3.05) is 6.26 Å². The molecule has 0 saturated heterocycles. The van der Waals surface area contributed by atoms with Crippen LogP contribution >= 0.6 is 11.8 Å². The van der Waals surface area contributed by atoms with E-state index in [2.05, 4.69) is 61.6 Å². The van der Waals surface area contributed by atoms with Gasteiger partial charge >= 0.3 is 0 Å². The monoisotopic (exact) mass is 220 g/mol. The molecule has 0 aliphatic rings. The molecule has 1 aromatic rings. The highest BCUT2D eigenvalue weighted by molar-refractivity contribution is 7.98. The molecule has 0 bridgehead atoms. The minimum absolute atomic E-state index is 1.14. The Bertz CT molecular complexity index is 366. The zero-order valence-electron chi connectivity index (χ0n) is 9.22. The van der Waals surface area contributed by atoms with Gasteiger partial charge in [-0.25, -0.2) is 0 Å². The molecule has 0 N–H and O–H groups in total. The van der Waals surface area contributed by atoms with Crippen molar-refractivity contribution in [2.24, 2.45) is 0 Å². The van der Waals surface area contributed by atoms with Crippen molar-refractivity contribution in [3.8, 4) is 11.5 Å². The Morgan fingerprint density at radius 1 is 1.21 bits per heavy atom. The van der Waals surface area contributed by atoms with Gasteiger partial charge in [-0.2, -0.15) is 0 Å². The fourth-order valence-electron chi connectivity index (χ4n) is 0.960. The molecule has 0 radical (unpaired) electrons. The molecular formula is C12H16SSi. The van der Waals surface area contributed by atoms with E-state index in [1.807, 2.05) is 0 Å². The lowest BCUT2D eigenvalue weighted by Gasteiger charge is -2.03. The minimum atomic E-state index is -1.24. The summed E-state index contributed by atoms with van der Waals surface area (Å²) in [7, 11) is -1.24. The van der Waals surface area contributed by atoms with E-state index in [0.717, 1.165) is 5.56 Å². The first-order chi connectivity index (χ1) is 6.51. The van der Waals surface area contributed by atoms with Crippen LogP contribution in [0.25, 0.3) is 0 Å². The predicted octanol–water partition coefficient (Wildman–Crippen LogP) is 3.64. The van der Waals surface area contributed by atoms with Gasteiger partial charge < -0.3 is 0 Å². The molecular weight excluding hydrogens is 204 g/mol. The van der Waals surface area contributed by atoms with Crippen molar-refractivity contribution in [1.82, 2.24) is 0 Å². The van der Waals surface area contributed by atoms with E-state index >= 15 is 0 Å². The maximum absolute atomic E-state index is 3.37. The Labute approximate surface area is 92.1 Å². The van der Waals surface area contributed by atoms with Crippen molar-refractivity contribution in [3.63, 3.8) is 0 Å². The van der Waals surface area contributed by atoms with E-state index < -0.39 is 8.07 Å². The topological polar surface area (TPSA) is 0 Å². The van der Waals surface area contributed by atoms with Gasteiger partial charge in [0.25, 0.3) is 0 Å². The molecule has 0 aromatic heterocycles. The van der Waals surface area contributed by atoms with Gasteiger partial charge in [-0.15, -0.1) is 17.3 Å². The minimum Gasteiger partial charge on any atom is -0.130 e. The van der Waals surface area contributed by atoms with Gasteiger partial charge in [0.2, 0.25) is 0 Å². The van der Waals surface area contributed by atoms with E-state index in [0.29, 0.717) is 0 Å². The summed E-state index contributed by atoms with van der Waals surface area (Å²) in [5, 5.41) is 0. The van der Waals surface area contributed by atoms with Crippen molar-refractivity contribution >= 4 is 19.8 Å². The average molecular weight is 220 g/mol. The van der Waals surface area contributed by atoms with Gasteiger partial charge in [-0.3, -0.25) is 0 Å². The lowest BCUT2D eigenvalue weighted by molar-refractivity contribution is 1.44. The number of rotatable bonds is 1. The Kier molecular flexibility index (Phi) is 3.85. The van der Waals surface area contributed by atoms with Crippen molar-refractivity contribution < 1.29 is 0 Å². The number of thioether (sulfide) groups is 1. The molecule has 0 heterocycles. The Morgan fingerprint density at radius 2 is 1.93 bits per heavy atom. The third-order valence-corrected chi connectivity index (χ3v) is 3.25. The molecule has 0 spiro atoms. The van der Waals surface area contributed by atoms with E-state index in [-0.39, 0.29) is 0 Å². The van der Waals surface area contributed by atoms with E-state index in [1.54, 1.807) is 11.8 Å². The molecule has 1 rings (SSSR count). The quantitative estimate of drug-likeness (QED) is 0.395. The van der Waals surface area contributed by atoms with E-state index in [4.69, 9.17) is 0 Å². The standard InChI is InChI=1S/C12H16SSi/c1-13-12-7-5-6-11(10-12)8-9-14(2,3)4/h5-7,10H,1-4H3. The van der Waals surface area contributed by atoms with Crippen LogP contribution < -0.4 is 0 Å². The molecule has 0 atom stereocenters. The van der Waals surface area contributed by atoms with Crippen LogP contribution in [0.15, 0.2) is 29.2 Å². The molecule has 1 aromatic carbocycles. The zero-order valence-corrected chi connectivity index (χ0v) is 11.0. The lowest BCUT2D eigenvalue weighted by atomic mass is 10.2. The Morgan fingerprint density at radius 3 is 2.50 bits per heavy atom. The van der Waals surface area contributed by atoms with Gasteiger partial charge in [0.15, 0.2) is 0 Å². The van der Waals surface area contributed by atoms with Crippen LogP contribution in [0.1, 0.15) is 5.56 Å². The molecule has 0 aliphatic heterocycles. The van der Waals surface area contributed by atoms with Crippen LogP contribution in [0.2, 0.25) is 19.6 Å². The van der Waals surface area contributed by atoms with Gasteiger partial charge in [-0.05, 0) is 24.5 Å². The third kappa shape index (κ3) is 4.04. The first kappa shape index (κ1) is 11.4. The largest absolute Gasteiger partial charge is 0.130 e. The van der Waals surface area contributed by atoms with Crippen LogP contribution in [-0.2, 0) is 0 Å². The second-order valence-corrected chi connectivity index (χ2v) is 9.86. The van der Waals surface area contributed by atoms with Gasteiger partial charge in [0.1, 0.15) is 8.07 Å². The Hall–Kier alpha value is -0.653. The van der Waals surface area contributed by atoms with Crippen LogP contribution in [0.4, 0.5) is 0 Å². The zero-order chi connectivity index (χ0) is 10.6. The fraction of sp³-hybridized carbons (Fsp3) is 0.333. The summed E-state index contributed by atoms with van der Waals surface area (Å²) in [4.78, 5) is 1.28. The summed E-state index contributed by atoms with van der Waals surface area (Å²) in [6.45, 7) is 6.79. The number of benzene rings is 1. The van der Waals surface area contributed by atoms with Crippen LogP contribution in [0, 0.1) is 11.5 Å². The first-order valence-electron chi connectivity index (χ1n) is 4.68. The summed E-state index contributed by atoms with van der Waals surface area (Å²) in [6, 6.07) is 8.41. The maximum atomic E-state index is 3.37. The van der Waals surface area contributed by atoms with Crippen LogP contribution in [0.3, 0.4) is 0 Å². The fourth-order valence-corrected chi connectivity index (χ4v) is 1.94. The van der Waals surface area contributed by atoms with Crippen LogP contribution in [-0.4, -0.2) is 14.3 Å². The van der Waals surface area contributed by atoms with Gasteiger partial charge in [0, 0.05) is 10.5 Å². The van der Waals surface area contributed by atoms with Gasteiger partial charge in [0.05, 0.1) is 0 Å². The Balaban J connectivity index is 2.90. The molecule has 0 amide bonds. The third-order valence-electron chi connectivity index (χ3n) is 1.65. The first-order valence-corrected chi connectivity index (χ1v) is 9.41. The SMILES string of the molecule is CSc1cccc(C#C[Si](C)(C)C)c1. The summed E-state index contributed by atoms with van der Waals surface area (Å²) < 4.78 is 0. The van der Waals surface area contributed by atoms with Crippen LogP contribution in [0.5, 0.6) is 0 Å². The highest BCUT2D eigenvalue weighted by Crippen LogP contribution is 2.15. The molecule has 2 heteroatoms. The van der Waals surface area contributed by atoms with Crippen molar-refractivity contribution in [1.29, 1.82) is 0 Å². The molecule has 14 heavy (non-hydrogen) atoms. The summed E-state index contributed by atoms with van der Waals surface area (Å²) in [5.41, 5.74) is 4.51. The molecule has 0 aliphatic carbocycles.